The highest BCUT2D eigenvalue weighted by Crippen LogP contribution is 2.35. The summed E-state index contributed by atoms with van der Waals surface area (Å²) in [7, 11) is -2.33. The van der Waals surface area contributed by atoms with Gasteiger partial charge in [-0.3, -0.25) is 4.79 Å². The van der Waals surface area contributed by atoms with Gasteiger partial charge in [0.05, 0.1) is 23.2 Å². The summed E-state index contributed by atoms with van der Waals surface area (Å²) in [6.45, 7) is 1.67. The fraction of sp³-hybridized carbons (Fsp3) is 0.438. The first kappa shape index (κ1) is 18.4. The van der Waals surface area contributed by atoms with Crippen LogP contribution in [0.3, 0.4) is 0 Å². The third-order valence-corrected chi connectivity index (χ3v) is 7.67. The number of furan rings is 1. The van der Waals surface area contributed by atoms with Gasteiger partial charge in [0.25, 0.3) is 10.0 Å². The van der Waals surface area contributed by atoms with E-state index in [1.807, 2.05) is 13.0 Å². The molecule has 3 rings (SSSR count). The molecular weight excluding hydrogens is 384 g/mol. The first-order valence-electron chi connectivity index (χ1n) is 7.87. The zero-order chi connectivity index (χ0) is 18.2. The van der Waals surface area contributed by atoms with Crippen LogP contribution in [0.5, 0.6) is 0 Å². The summed E-state index contributed by atoms with van der Waals surface area (Å²) in [6.07, 6.45) is 3.42. The van der Waals surface area contributed by atoms with Crippen molar-refractivity contribution in [3.8, 4) is 0 Å². The highest BCUT2D eigenvalue weighted by molar-refractivity contribution is 7.91. The van der Waals surface area contributed by atoms with Gasteiger partial charge >= 0.3 is 0 Å². The molecule has 1 fully saturated rings. The van der Waals surface area contributed by atoms with Gasteiger partial charge in [0.15, 0.2) is 0 Å². The van der Waals surface area contributed by atoms with E-state index in [1.165, 1.54) is 19.2 Å². The number of likely N-dealkylation sites (N-methyl/N-ethyl adjacent to an activating group) is 1. The molecular formula is C16H19ClN2O4S2. The largest absolute Gasteiger partial charge is 0.467 e. The number of nitrogens with zero attached hydrogens (tertiary/aromatic N) is 2. The number of carbonyl (C=O) groups is 1. The molecule has 0 aromatic carbocycles. The van der Waals surface area contributed by atoms with E-state index in [2.05, 4.69) is 0 Å². The Labute approximate surface area is 156 Å². The molecule has 1 atom stereocenters. The zero-order valence-electron chi connectivity index (χ0n) is 13.9. The second kappa shape index (κ2) is 7.11. The zero-order valence-corrected chi connectivity index (χ0v) is 16.3. The molecule has 1 saturated carbocycles. The van der Waals surface area contributed by atoms with Gasteiger partial charge in [-0.15, -0.1) is 11.3 Å². The molecule has 0 bridgehead atoms. The minimum Gasteiger partial charge on any atom is -0.467 e. The van der Waals surface area contributed by atoms with E-state index in [0.717, 1.165) is 28.5 Å². The van der Waals surface area contributed by atoms with Crippen molar-refractivity contribution in [2.24, 2.45) is 0 Å². The molecule has 0 radical (unpaired) electrons. The van der Waals surface area contributed by atoms with Crippen LogP contribution in [-0.4, -0.2) is 43.2 Å². The molecule has 1 amide bonds. The standard InChI is InChI=1S/C16H19ClN2O4S2/c1-11(13-4-3-9-23-13)19(12-5-6-12)15(20)10-18(2)25(21,22)16-8-7-14(17)24-16/h3-4,7-9,11-12H,5-6,10H2,1-2H3. The molecule has 1 unspecified atom stereocenters. The van der Waals surface area contributed by atoms with E-state index < -0.39 is 10.0 Å². The SMILES string of the molecule is CC(c1ccco1)N(C(=O)CN(C)S(=O)(=O)c1ccc(Cl)s1)C1CC1. The molecule has 6 nitrogen and oxygen atoms in total. The molecule has 1 aliphatic rings. The summed E-state index contributed by atoms with van der Waals surface area (Å²) in [5, 5.41) is 0. The van der Waals surface area contributed by atoms with Gasteiger partial charge in [-0.2, -0.15) is 4.31 Å². The van der Waals surface area contributed by atoms with E-state index >= 15 is 0 Å². The lowest BCUT2D eigenvalue weighted by molar-refractivity contribution is -0.134. The minimum atomic E-state index is -3.74. The third-order valence-electron chi connectivity index (χ3n) is 4.17. The van der Waals surface area contributed by atoms with Crippen molar-refractivity contribution in [3.05, 3.63) is 40.6 Å². The molecule has 0 aliphatic heterocycles. The van der Waals surface area contributed by atoms with Gasteiger partial charge in [-0.1, -0.05) is 11.6 Å². The molecule has 0 N–H and O–H groups in total. The predicted octanol–water partition coefficient (Wildman–Crippen LogP) is 3.37. The van der Waals surface area contributed by atoms with Crippen LogP contribution in [-0.2, 0) is 14.8 Å². The Morgan fingerprint density at radius 1 is 1.40 bits per heavy atom. The number of amides is 1. The molecule has 9 heteroatoms. The summed E-state index contributed by atoms with van der Waals surface area (Å²) in [5.74, 6) is 0.455. The van der Waals surface area contributed by atoms with E-state index in [0.29, 0.717) is 10.1 Å². The van der Waals surface area contributed by atoms with Crippen molar-refractivity contribution in [1.29, 1.82) is 0 Å². The first-order chi connectivity index (χ1) is 11.8. The number of carbonyl (C=O) groups excluding carboxylic acids is 1. The van der Waals surface area contributed by atoms with Gasteiger partial charge in [0, 0.05) is 13.1 Å². The second-order valence-corrected chi connectivity index (χ2v) is 10.0. The number of thiophene rings is 1. The van der Waals surface area contributed by atoms with Crippen LogP contribution in [0.4, 0.5) is 0 Å². The van der Waals surface area contributed by atoms with Gasteiger partial charge in [-0.05, 0) is 44.0 Å². The molecule has 1 aliphatic carbocycles. The van der Waals surface area contributed by atoms with Gasteiger partial charge < -0.3 is 9.32 Å². The summed E-state index contributed by atoms with van der Waals surface area (Å²) in [6, 6.07) is 6.49. The van der Waals surface area contributed by atoms with E-state index in [1.54, 1.807) is 17.2 Å². The Balaban J connectivity index is 1.75. The Bertz CT molecular complexity index is 843. The van der Waals surface area contributed by atoms with Crippen molar-refractivity contribution >= 4 is 38.9 Å². The fourth-order valence-corrected chi connectivity index (χ4v) is 5.52. The number of hydrogen-bond donors (Lipinski definition) is 0. The lowest BCUT2D eigenvalue weighted by Gasteiger charge is -2.29. The number of halogens is 1. The Morgan fingerprint density at radius 3 is 2.64 bits per heavy atom. The van der Waals surface area contributed by atoms with E-state index in [4.69, 9.17) is 16.0 Å². The smallest absolute Gasteiger partial charge is 0.252 e. The second-order valence-electron chi connectivity index (χ2n) is 6.04. The molecule has 2 heterocycles. The highest BCUT2D eigenvalue weighted by Gasteiger charge is 2.38. The van der Waals surface area contributed by atoms with Crippen LogP contribution >= 0.6 is 22.9 Å². The average Bonchev–Trinajstić information content (AvgIpc) is 3.05. The molecule has 2 aromatic rings. The number of hydrogen-bond acceptors (Lipinski definition) is 5. The van der Waals surface area contributed by atoms with Crippen LogP contribution < -0.4 is 0 Å². The van der Waals surface area contributed by atoms with Crippen LogP contribution in [0.15, 0.2) is 39.2 Å². The maximum Gasteiger partial charge on any atom is 0.252 e. The topological polar surface area (TPSA) is 70.8 Å². The quantitative estimate of drug-likeness (QED) is 0.711. The molecule has 0 spiro atoms. The molecule has 25 heavy (non-hydrogen) atoms. The molecule has 0 saturated heterocycles. The fourth-order valence-electron chi connectivity index (χ4n) is 2.70. The van der Waals surface area contributed by atoms with Crippen LogP contribution in [0.1, 0.15) is 31.6 Å². The monoisotopic (exact) mass is 402 g/mol. The van der Waals surface area contributed by atoms with Gasteiger partial charge in [0.2, 0.25) is 5.91 Å². The summed E-state index contributed by atoms with van der Waals surface area (Å²) >= 11 is 6.80. The third kappa shape index (κ3) is 3.92. The van der Waals surface area contributed by atoms with Crippen LogP contribution in [0, 0.1) is 0 Å². The minimum absolute atomic E-state index is 0.129. The predicted molar refractivity (Wildman–Crippen MR) is 96.1 cm³/mol. The normalized spacial score (nSPS) is 16.2. The van der Waals surface area contributed by atoms with E-state index in [-0.39, 0.29) is 28.7 Å². The van der Waals surface area contributed by atoms with E-state index in [9.17, 15) is 13.2 Å². The van der Waals surface area contributed by atoms with Crippen molar-refractivity contribution in [2.75, 3.05) is 13.6 Å². The Hall–Kier alpha value is -1.35. The van der Waals surface area contributed by atoms with Crippen molar-refractivity contribution in [3.63, 3.8) is 0 Å². The first-order valence-corrected chi connectivity index (χ1v) is 10.5. The van der Waals surface area contributed by atoms with Crippen LogP contribution in [0.2, 0.25) is 4.34 Å². The van der Waals surface area contributed by atoms with Crippen LogP contribution in [0.25, 0.3) is 0 Å². The molecule has 2 aromatic heterocycles. The maximum atomic E-state index is 12.8. The summed E-state index contributed by atoms with van der Waals surface area (Å²) in [4.78, 5) is 14.5. The van der Waals surface area contributed by atoms with Crippen molar-refractivity contribution in [1.82, 2.24) is 9.21 Å². The van der Waals surface area contributed by atoms with Crippen molar-refractivity contribution in [2.45, 2.75) is 36.1 Å². The Morgan fingerprint density at radius 2 is 2.12 bits per heavy atom. The maximum absolute atomic E-state index is 12.8. The lowest BCUT2D eigenvalue weighted by Crippen LogP contribution is -2.43. The van der Waals surface area contributed by atoms with Crippen molar-refractivity contribution < 1.29 is 17.6 Å². The summed E-state index contributed by atoms with van der Waals surface area (Å²) < 4.78 is 32.2. The lowest BCUT2D eigenvalue weighted by atomic mass is 10.2. The highest BCUT2D eigenvalue weighted by atomic mass is 35.5. The summed E-state index contributed by atoms with van der Waals surface area (Å²) in [5.41, 5.74) is 0. The van der Waals surface area contributed by atoms with Gasteiger partial charge in [-0.25, -0.2) is 8.42 Å². The Kier molecular flexibility index (Phi) is 5.24. The molecule has 136 valence electrons. The van der Waals surface area contributed by atoms with Gasteiger partial charge in [0.1, 0.15) is 9.97 Å². The number of rotatable bonds is 7. The average molecular weight is 403 g/mol. The number of sulfonamides is 1.